The van der Waals surface area contributed by atoms with Crippen LogP contribution >= 0.6 is 12.2 Å². The second-order valence-corrected chi connectivity index (χ2v) is 8.21. The second kappa shape index (κ2) is 10.3. The third-order valence-corrected chi connectivity index (χ3v) is 5.70. The number of carbonyl (C=O) groups is 2. The Morgan fingerprint density at radius 1 is 1.12 bits per heavy atom. The number of hydrazone groups is 1. The summed E-state index contributed by atoms with van der Waals surface area (Å²) >= 11 is 5.27. The zero-order chi connectivity index (χ0) is 24.1. The third-order valence-electron chi connectivity index (χ3n) is 5.50. The van der Waals surface area contributed by atoms with Crippen molar-refractivity contribution in [2.75, 3.05) is 17.3 Å². The molecule has 1 unspecified atom stereocenters. The van der Waals surface area contributed by atoms with E-state index in [0.29, 0.717) is 17.7 Å². The van der Waals surface area contributed by atoms with Crippen molar-refractivity contribution in [3.8, 4) is 0 Å². The lowest BCUT2D eigenvalue weighted by atomic mass is 9.98. The molecule has 0 bridgehead atoms. The SMILES string of the molecule is COC(=O)c1cccc(NC(=S)N/N=C\CC2C(=O)N(c3ccc(C)cc3)c3ccccc32)c1. The summed E-state index contributed by atoms with van der Waals surface area (Å²) in [6, 6.07) is 22.5. The molecule has 34 heavy (non-hydrogen) atoms. The van der Waals surface area contributed by atoms with Crippen molar-refractivity contribution in [1.82, 2.24) is 5.43 Å². The molecule has 1 atom stereocenters. The lowest BCUT2D eigenvalue weighted by molar-refractivity contribution is -0.118. The van der Waals surface area contributed by atoms with E-state index in [4.69, 9.17) is 17.0 Å². The predicted molar refractivity (Wildman–Crippen MR) is 138 cm³/mol. The normalized spacial score (nSPS) is 14.7. The van der Waals surface area contributed by atoms with E-state index in [2.05, 4.69) is 15.8 Å². The number of para-hydroxylation sites is 1. The number of rotatable bonds is 6. The fourth-order valence-electron chi connectivity index (χ4n) is 3.84. The number of benzene rings is 3. The monoisotopic (exact) mass is 472 g/mol. The van der Waals surface area contributed by atoms with E-state index in [0.717, 1.165) is 22.5 Å². The van der Waals surface area contributed by atoms with Gasteiger partial charge in [-0.3, -0.25) is 15.1 Å². The molecule has 2 N–H and O–H groups in total. The highest BCUT2D eigenvalue weighted by Crippen LogP contribution is 2.42. The van der Waals surface area contributed by atoms with E-state index in [-0.39, 0.29) is 16.9 Å². The van der Waals surface area contributed by atoms with Gasteiger partial charge in [0.15, 0.2) is 5.11 Å². The summed E-state index contributed by atoms with van der Waals surface area (Å²) in [4.78, 5) is 26.7. The zero-order valence-electron chi connectivity index (χ0n) is 18.8. The second-order valence-electron chi connectivity index (χ2n) is 7.81. The smallest absolute Gasteiger partial charge is 0.337 e. The van der Waals surface area contributed by atoms with Crippen LogP contribution in [-0.4, -0.2) is 30.3 Å². The van der Waals surface area contributed by atoms with Crippen LogP contribution in [0, 0.1) is 6.92 Å². The fraction of sp³-hybridized carbons (Fsp3) is 0.154. The van der Waals surface area contributed by atoms with Crippen molar-refractivity contribution in [2.45, 2.75) is 19.3 Å². The molecule has 0 saturated carbocycles. The van der Waals surface area contributed by atoms with E-state index in [1.165, 1.54) is 7.11 Å². The molecule has 0 saturated heterocycles. The molecular weight excluding hydrogens is 448 g/mol. The van der Waals surface area contributed by atoms with Gasteiger partial charge in [0, 0.05) is 24.0 Å². The average Bonchev–Trinajstić information content (AvgIpc) is 3.13. The van der Waals surface area contributed by atoms with Gasteiger partial charge in [0.2, 0.25) is 5.91 Å². The summed E-state index contributed by atoms with van der Waals surface area (Å²) < 4.78 is 4.73. The van der Waals surface area contributed by atoms with Gasteiger partial charge < -0.3 is 10.1 Å². The minimum absolute atomic E-state index is 0.0110. The maximum Gasteiger partial charge on any atom is 0.337 e. The number of thiocarbonyl (C=S) groups is 1. The Balaban J connectivity index is 1.40. The molecule has 1 heterocycles. The summed E-state index contributed by atoms with van der Waals surface area (Å²) in [6.45, 7) is 2.02. The summed E-state index contributed by atoms with van der Waals surface area (Å²) in [5.41, 5.74) is 7.65. The van der Waals surface area contributed by atoms with Crippen LogP contribution in [0.4, 0.5) is 17.1 Å². The van der Waals surface area contributed by atoms with Crippen LogP contribution < -0.4 is 15.6 Å². The van der Waals surface area contributed by atoms with Crippen molar-refractivity contribution in [3.63, 3.8) is 0 Å². The molecule has 8 heteroatoms. The van der Waals surface area contributed by atoms with Crippen LogP contribution in [0.2, 0.25) is 0 Å². The molecule has 1 aliphatic rings. The van der Waals surface area contributed by atoms with Gasteiger partial charge in [0.05, 0.1) is 24.3 Å². The number of ether oxygens (including phenoxy) is 1. The number of fused-ring (bicyclic) bond motifs is 1. The predicted octanol–water partition coefficient (Wildman–Crippen LogP) is 4.91. The van der Waals surface area contributed by atoms with E-state index in [9.17, 15) is 9.59 Å². The number of hydrogen-bond donors (Lipinski definition) is 2. The van der Waals surface area contributed by atoms with Gasteiger partial charge in [-0.05, 0) is 61.1 Å². The van der Waals surface area contributed by atoms with Gasteiger partial charge in [-0.15, -0.1) is 0 Å². The lowest BCUT2D eigenvalue weighted by Gasteiger charge is -2.18. The van der Waals surface area contributed by atoms with E-state index >= 15 is 0 Å². The van der Waals surface area contributed by atoms with Crippen LogP contribution in [0.5, 0.6) is 0 Å². The zero-order valence-corrected chi connectivity index (χ0v) is 19.6. The number of nitrogens with zero attached hydrogens (tertiary/aromatic N) is 2. The number of amides is 1. The highest BCUT2D eigenvalue weighted by molar-refractivity contribution is 7.80. The van der Waals surface area contributed by atoms with Gasteiger partial charge in [-0.25, -0.2) is 4.79 Å². The number of nitrogens with one attached hydrogen (secondary N) is 2. The van der Waals surface area contributed by atoms with Gasteiger partial charge in [-0.1, -0.05) is 42.0 Å². The van der Waals surface area contributed by atoms with Gasteiger partial charge in [-0.2, -0.15) is 5.10 Å². The van der Waals surface area contributed by atoms with E-state index < -0.39 is 5.97 Å². The van der Waals surface area contributed by atoms with Crippen LogP contribution in [0.3, 0.4) is 0 Å². The standard InChI is InChI=1S/C26H24N4O3S/c1-17-10-12-20(13-11-17)30-23-9-4-3-8-21(23)22(24(30)31)14-15-27-29-26(34)28-19-7-5-6-18(16-19)25(32)33-2/h3-13,15-16,22H,14H2,1-2H3,(H2,28,29,34)/b27-15-. The van der Waals surface area contributed by atoms with Gasteiger partial charge in [0.1, 0.15) is 0 Å². The molecule has 1 amide bonds. The Bertz CT molecular complexity index is 1260. The van der Waals surface area contributed by atoms with Gasteiger partial charge >= 0.3 is 5.97 Å². The highest BCUT2D eigenvalue weighted by Gasteiger charge is 2.37. The van der Waals surface area contributed by atoms with E-state index in [1.807, 2.05) is 55.5 Å². The molecule has 0 radical (unpaired) electrons. The van der Waals surface area contributed by atoms with Crippen LogP contribution in [0.1, 0.15) is 33.8 Å². The van der Waals surface area contributed by atoms with E-state index in [1.54, 1.807) is 35.4 Å². The average molecular weight is 473 g/mol. The summed E-state index contributed by atoms with van der Waals surface area (Å²) in [5.74, 6) is -0.750. The van der Waals surface area contributed by atoms with Crippen molar-refractivity contribution >= 4 is 52.5 Å². The lowest BCUT2D eigenvalue weighted by Crippen LogP contribution is -2.25. The molecule has 0 aromatic heterocycles. The fourth-order valence-corrected chi connectivity index (χ4v) is 4.02. The maximum absolute atomic E-state index is 13.3. The third kappa shape index (κ3) is 4.97. The Hall–Kier alpha value is -4.04. The van der Waals surface area contributed by atoms with Crippen molar-refractivity contribution in [3.05, 3.63) is 89.5 Å². The first-order valence-corrected chi connectivity index (χ1v) is 11.1. The number of anilines is 3. The first-order chi connectivity index (χ1) is 16.5. The molecule has 3 aromatic carbocycles. The van der Waals surface area contributed by atoms with Gasteiger partial charge in [0.25, 0.3) is 0 Å². The molecule has 0 spiro atoms. The first kappa shape index (κ1) is 23.1. The summed E-state index contributed by atoms with van der Waals surface area (Å²) in [7, 11) is 1.33. The molecular formula is C26H24N4O3S. The Morgan fingerprint density at radius 3 is 2.65 bits per heavy atom. The van der Waals surface area contributed by atoms with Crippen LogP contribution in [0.25, 0.3) is 0 Å². The van der Waals surface area contributed by atoms with Crippen LogP contribution in [0.15, 0.2) is 77.9 Å². The number of carbonyl (C=O) groups excluding carboxylic acids is 2. The Kier molecular flexibility index (Phi) is 6.98. The molecule has 3 aromatic rings. The van der Waals surface area contributed by atoms with Crippen LogP contribution in [-0.2, 0) is 9.53 Å². The molecule has 7 nitrogen and oxygen atoms in total. The number of aryl methyl sites for hydroxylation is 1. The van der Waals surface area contributed by atoms with Crippen molar-refractivity contribution in [2.24, 2.45) is 5.10 Å². The highest BCUT2D eigenvalue weighted by atomic mass is 32.1. The molecule has 0 aliphatic carbocycles. The number of methoxy groups -OCH3 is 1. The molecule has 1 aliphatic heterocycles. The number of esters is 1. The Morgan fingerprint density at radius 2 is 1.88 bits per heavy atom. The molecule has 4 rings (SSSR count). The largest absolute Gasteiger partial charge is 0.465 e. The quantitative estimate of drug-likeness (QED) is 0.230. The minimum Gasteiger partial charge on any atom is -0.465 e. The number of hydrogen-bond acceptors (Lipinski definition) is 5. The molecule has 172 valence electrons. The minimum atomic E-state index is -0.429. The topological polar surface area (TPSA) is 83.0 Å². The summed E-state index contributed by atoms with van der Waals surface area (Å²) in [6.07, 6.45) is 2.07. The molecule has 0 fully saturated rings. The van der Waals surface area contributed by atoms with Crippen molar-refractivity contribution in [1.29, 1.82) is 0 Å². The summed E-state index contributed by atoms with van der Waals surface area (Å²) in [5, 5.41) is 7.41. The first-order valence-electron chi connectivity index (χ1n) is 10.7. The maximum atomic E-state index is 13.3. The Labute approximate surface area is 203 Å². The van der Waals surface area contributed by atoms with Crippen molar-refractivity contribution < 1.29 is 14.3 Å².